The van der Waals surface area contributed by atoms with Crippen LogP contribution >= 0.6 is 0 Å². The molecule has 1 aromatic heterocycles. The van der Waals surface area contributed by atoms with E-state index in [-0.39, 0.29) is 31.2 Å². The minimum absolute atomic E-state index is 0.0358. The summed E-state index contributed by atoms with van der Waals surface area (Å²) in [6, 6.07) is 3.07. The summed E-state index contributed by atoms with van der Waals surface area (Å²) in [4.78, 5) is 11.9. The molecule has 1 unspecified atom stereocenters. The Morgan fingerprint density at radius 2 is 2.12 bits per heavy atom. The van der Waals surface area contributed by atoms with Crippen molar-refractivity contribution < 1.29 is 27.9 Å². The van der Waals surface area contributed by atoms with Gasteiger partial charge >= 0.3 is 0 Å². The van der Waals surface area contributed by atoms with Gasteiger partial charge < -0.3 is 19.7 Å². The van der Waals surface area contributed by atoms with Crippen molar-refractivity contribution in [3.63, 3.8) is 0 Å². The van der Waals surface area contributed by atoms with Crippen LogP contribution in [0.15, 0.2) is 22.7 Å². The predicted octanol–water partition coefficient (Wildman–Crippen LogP) is 1.67. The molecule has 0 saturated carbocycles. The Labute approximate surface area is 137 Å². The maximum Gasteiger partial charge on any atom is 0.224 e. The van der Waals surface area contributed by atoms with Crippen molar-refractivity contribution in [3.8, 4) is 5.75 Å². The van der Waals surface area contributed by atoms with Gasteiger partial charge in [-0.05, 0) is 26.0 Å². The second kappa shape index (κ2) is 7.87. The molecule has 6 nitrogen and oxygen atoms in total. The normalized spacial score (nSPS) is 12.0. The molecule has 2 N–H and O–H groups in total. The molecule has 1 aromatic carbocycles. The molecule has 24 heavy (non-hydrogen) atoms. The Hall–Kier alpha value is -2.48. The summed E-state index contributed by atoms with van der Waals surface area (Å²) in [5, 5.41) is 16.1. The van der Waals surface area contributed by atoms with E-state index in [1.807, 2.05) is 0 Å². The first-order valence-electron chi connectivity index (χ1n) is 7.31. The molecule has 2 aromatic rings. The summed E-state index contributed by atoms with van der Waals surface area (Å²) in [6.07, 6.45) is -0.899. The Morgan fingerprint density at radius 1 is 1.38 bits per heavy atom. The number of aromatic nitrogens is 1. The van der Waals surface area contributed by atoms with Crippen LogP contribution in [0.4, 0.5) is 8.78 Å². The summed E-state index contributed by atoms with van der Waals surface area (Å²) in [6.45, 7) is 3.25. The fourth-order valence-corrected chi connectivity index (χ4v) is 2.03. The molecule has 130 valence electrons. The molecule has 0 radical (unpaired) electrons. The van der Waals surface area contributed by atoms with Gasteiger partial charge in [-0.2, -0.15) is 0 Å². The highest BCUT2D eigenvalue weighted by Crippen LogP contribution is 2.15. The molecule has 0 fully saturated rings. The highest BCUT2D eigenvalue weighted by Gasteiger charge is 2.14. The second-order valence-corrected chi connectivity index (χ2v) is 5.32. The zero-order chi connectivity index (χ0) is 17.7. The second-order valence-electron chi connectivity index (χ2n) is 5.32. The molecule has 8 heteroatoms. The van der Waals surface area contributed by atoms with Gasteiger partial charge in [-0.15, -0.1) is 0 Å². The van der Waals surface area contributed by atoms with E-state index < -0.39 is 17.7 Å². The van der Waals surface area contributed by atoms with Gasteiger partial charge in [0, 0.05) is 18.2 Å². The summed E-state index contributed by atoms with van der Waals surface area (Å²) in [7, 11) is 0. The van der Waals surface area contributed by atoms with Crippen LogP contribution in [0.2, 0.25) is 0 Å². The van der Waals surface area contributed by atoms with E-state index in [0.717, 1.165) is 12.1 Å². The number of nitrogens with zero attached hydrogens (tertiary/aromatic N) is 1. The van der Waals surface area contributed by atoms with E-state index in [4.69, 9.17) is 9.26 Å². The fraction of sp³-hybridized carbons (Fsp3) is 0.375. The number of hydrogen-bond donors (Lipinski definition) is 2. The summed E-state index contributed by atoms with van der Waals surface area (Å²) in [5.74, 6) is -1.64. The van der Waals surface area contributed by atoms with Gasteiger partial charge in [0.25, 0.3) is 0 Å². The Kier molecular flexibility index (Phi) is 5.86. The first-order valence-corrected chi connectivity index (χ1v) is 7.31. The zero-order valence-corrected chi connectivity index (χ0v) is 13.3. The number of carbonyl (C=O) groups excluding carboxylic acids is 1. The lowest BCUT2D eigenvalue weighted by atomic mass is 10.1. The molecule has 0 spiro atoms. The number of rotatable bonds is 7. The average molecular weight is 340 g/mol. The van der Waals surface area contributed by atoms with Crippen LogP contribution in [0.1, 0.15) is 17.0 Å². The van der Waals surface area contributed by atoms with Crippen molar-refractivity contribution in [1.29, 1.82) is 0 Å². The molecule has 0 aliphatic heterocycles. The van der Waals surface area contributed by atoms with E-state index in [1.54, 1.807) is 13.8 Å². The van der Waals surface area contributed by atoms with E-state index in [2.05, 4.69) is 10.5 Å². The SMILES string of the molecule is Cc1noc(C)c1CC(=O)NCC(O)COc1ccc(F)c(F)c1. The van der Waals surface area contributed by atoms with Crippen LogP contribution in [0.5, 0.6) is 5.75 Å². The summed E-state index contributed by atoms with van der Waals surface area (Å²) >= 11 is 0. The molecule has 1 atom stereocenters. The van der Waals surface area contributed by atoms with Gasteiger partial charge in [0.1, 0.15) is 24.2 Å². The number of aliphatic hydroxyl groups excluding tert-OH is 1. The van der Waals surface area contributed by atoms with Gasteiger partial charge in [-0.1, -0.05) is 5.16 Å². The van der Waals surface area contributed by atoms with Gasteiger partial charge in [0.2, 0.25) is 5.91 Å². The minimum Gasteiger partial charge on any atom is -0.491 e. The Morgan fingerprint density at radius 3 is 2.75 bits per heavy atom. The zero-order valence-electron chi connectivity index (χ0n) is 13.3. The highest BCUT2D eigenvalue weighted by molar-refractivity contribution is 5.79. The number of ether oxygens (including phenoxy) is 1. The fourth-order valence-electron chi connectivity index (χ4n) is 2.03. The van der Waals surface area contributed by atoms with Crippen molar-refractivity contribution in [2.75, 3.05) is 13.2 Å². The van der Waals surface area contributed by atoms with E-state index >= 15 is 0 Å². The Bertz CT molecular complexity index is 699. The largest absolute Gasteiger partial charge is 0.491 e. The maximum atomic E-state index is 13.0. The van der Waals surface area contributed by atoms with Crippen LogP contribution in [-0.2, 0) is 11.2 Å². The summed E-state index contributed by atoms with van der Waals surface area (Å²) in [5.41, 5.74) is 1.35. The monoisotopic (exact) mass is 340 g/mol. The number of amides is 1. The van der Waals surface area contributed by atoms with Gasteiger partial charge in [-0.3, -0.25) is 4.79 Å². The molecule has 0 aliphatic rings. The maximum absolute atomic E-state index is 13.0. The number of carbonyl (C=O) groups is 1. The third kappa shape index (κ3) is 4.76. The molecule has 0 aliphatic carbocycles. The molecule has 1 amide bonds. The van der Waals surface area contributed by atoms with Gasteiger partial charge in [0.05, 0.1) is 12.1 Å². The van der Waals surface area contributed by atoms with Crippen LogP contribution < -0.4 is 10.1 Å². The summed E-state index contributed by atoms with van der Waals surface area (Å²) < 4.78 is 35.9. The Balaban J connectivity index is 1.75. The number of nitrogens with one attached hydrogen (secondary N) is 1. The van der Waals surface area contributed by atoms with Gasteiger partial charge in [-0.25, -0.2) is 8.78 Å². The number of halogens is 2. The highest BCUT2D eigenvalue weighted by atomic mass is 19.2. The number of aryl methyl sites for hydroxylation is 2. The van der Waals surface area contributed by atoms with Crippen LogP contribution in [0, 0.1) is 25.5 Å². The lowest BCUT2D eigenvalue weighted by molar-refractivity contribution is -0.121. The number of aliphatic hydroxyl groups is 1. The topological polar surface area (TPSA) is 84.6 Å². The first kappa shape index (κ1) is 17.9. The van der Waals surface area contributed by atoms with Crippen LogP contribution in [-0.4, -0.2) is 35.4 Å². The standard InChI is InChI=1S/C16H18F2N2O4/c1-9-13(10(2)24-20-9)6-16(22)19-7-11(21)8-23-12-3-4-14(17)15(18)5-12/h3-5,11,21H,6-8H2,1-2H3,(H,19,22). The number of benzene rings is 1. The lowest BCUT2D eigenvalue weighted by Gasteiger charge is -2.13. The molecule has 2 rings (SSSR count). The van der Waals surface area contributed by atoms with Crippen LogP contribution in [0.25, 0.3) is 0 Å². The van der Waals surface area contributed by atoms with E-state index in [1.165, 1.54) is 6.07 Å². The van der Waals surface area contributed by atoms with E-state index in [0.29, 0.717) is 17.0 Å². The average Bonchev–Trinajstić information content (AvgIpc) is 2.86. The third-order valence-corrected chi connectivity index (χ3v) is 3.39. The van der Waals surface area contributed by atoms with E-state index in [9.17, 15) is 18.7 Å². The predicted molar refractivity (Wildman–Crippen MR) is 80.6 cm³/mol. The quantitative estimate of drug-likeness (QED) is 0.801. The van der Waals surface area contributed by atoms with Crippen molar-refractivity contribution in [1.82, 2.24) is 10.5 Å². The van der Waals surface area contributed by atoms with Crippen molar-refractivity contribution in [2.24, 2.45) is 0 Å². The third-order valence-electron chi connectivity index (χ3n) is 3.39. The molecular formula is C16H18F2N2O4. The molecule has 0 bridgehead atoms. The first-order chi connectivity index (χ1) is 11.4. The van der Waals surface area contributed by atoms with Crippen molar-refractivity contribution in [2.45, 2.75) is 26.4 Å². The molecule has 0 saturated heterocycles. The van der Waals surface area contributed by atoms with Crippen LogP contribution in [0.3, 0.4) is 0 Å². The lowest BCUT2D eigenvalue weighted by Crippen LogP contribution is -2.36. The number of hydrogen-bond acceptors (Lipinski definition) is 5. The molecular weight excluding hydrogens is 322 g/mol. The smallest absolute Gasteiger partial charge is 0.224 e. The molecule has 1 heterocycles. The minimum atomic E-state index is -1.03. The van der Waals surface area contributed by atoms with Crippen molar-refractivity contribution >= 4 is 5.91 Å². The van der Waals surface area contributed by atoms with Crippen molar-refractivity contribution in [3.05, 3.63) is 46.9 Å². The van der Waals surface area contributed by atoms with Gasteiger partial charge in [0.15, 0.2) is 11.6 Å².